The van der Waals surface area contributed by atoms with E-state index in [0.29, 0.717) is 13.1 Å². The highest BCUT2D eigenvalue weighted by molar-refractivity contribution is 5.83. The monoisotopic (exact) mass is 263 g/mol. The predicted octanol–water partition coefficient (Wildman–Crippen LogP) is 0.719. The molecule has 19 heavy (non-hydrogen) atoms. The van der Waals surface area contributed by atoms with Crippen LogP contribution in [0.2, 0.25) is 0 Å². The molecule has 4 N–H and O–H groups in total. The summed E-state index contributed by atoms with van der Waals surface area (Å²) < 4.78 is 0. The number of nitrogens with two attached hydrogens (primary N) is 1. The number of benzene rings is 1. The molecule has 1 aromatic rings. The highest BCUT2D eigenvalue weighted by Crippen LogP contribution is 2.08. The van der Waals surface area contributed by atoms with E-state index in [1.54, 1.807) is 12.1 Å². The molecule has 1 rings (SSSR count). The molecule has 0 radical (unpaired) electrons. The van der Waals surface area contributed by atoms with Crippen LogP contribution in [-0.2, 0) is 9.59 Å². The Labute approximate surface area is 113 Å². The van der Waals surface area contributed by atoms with E-state index in [9.17, 15) is 9.59 Å². The Morgan fingerprint density at radius 1 is 1.16 bits per heavy atom. The van der Waals surface area contributed by atoms with E-state index in [1.165, 1.54) is 0 Å². The van der Waals surface area contributed by atoms with Gasteiger partial charge in [-0.1, -0.05) is 37.3 Å². The summed E-state index contributed by atoms with van der Waals surface area (Å²) in [4.78, 5) is 23.1. The molecule has 0 aliphatic carbocycles. The van der Waals surface area contributed by atoms with Crippen LogP contribution >= 0.6 is 0 Å². The molecule has 0 bridgehead atoms. The molecule has 0 saturated carbocycles. The minimum absolute atomic E-state index is 0.0598. The maximum absolute atomic E-state index is 11.8. The van der Waals surface area contributed by atoms with Gasteiger partial charge in [0.05, 0.1) is 0 Å². The van der Waals surface area contributed by atoms with E-state index in [4.69, 9.17) is 5.73 Å². The maximum Gasteiger partial charge on any atom is 0.241 e. The fraction of sp³-hybridized carbons (Fsp3) is 0.429. The molecule has 5 nitrogen and oxygen atoms in total. The van der Waals surface area contributed by atoms with Crippen LogP contribution in [0.1, 0.15) is 31.4 Å². The fourth-order valence-corrected chi connectivity index (χ4v) is 1.57. The van der Waals surface area contributed by atoms with Gasteiger partial charge in [0, 0.05) is 19.5 Å². The Morgan fingerprint density at radius 2 is 1.84 bits per heavy atom. The maximum atomic E-state index is 11.8. The molecule has 5 heteroatoms. The minimum atomic E-state index is -0.695. The number of rotatable bonds is 7. The number of hydrogen-bond acceptors (Lipinski definition) is 3. The van der Waals surface area contributed by atoms with Gasteiger partial charge in [0.2, 0.25) is 11.8 Å². The summed E-state index contributed by atoms with van der Waals surface area (Å²) in [5, 5.41) is 5.41. The SMILES string of the molecule is CCCNC(=O)CCNC(=O)C(N)c1ccccc1. The molecule has 0 saturated heterocycles. The average molecular weight is 263 g/mol. The quantitative estimate of drug-likeness (QED) is 0.677. The van der Waals surface area contributed by atoms with Gasteiger partial charge >= 0.3 is 0 Å². The number of hydrogen-bond donors (Lipinski definition) is 3. The predicted molar refractivity (Wildman–Crippen MR) is 74.3 cm³/mol. The molecule has 1 unspecified atom stereocenters. The number of amides is 2. The Balaban J connectivity index is 2.30. The normalized spacial score (nSPS) is 11.7. The van der Waals surface area contributed by atoms with Crippen molar-refractivity contribution in [2.75, 3.05) is 13.1 Å². The van der Waals surface area contributed by atoms with Crippen molar-refractivity contribution in [2.45, 2.75) is 25.8 Å². The van der Waals surface area contributed by atoms with Gasteiger partial charge < -0.3 is 16.4 Å². The minimum Gasteiger partial charge on any atom is -0.356 e. The summed E-state index contributed by atoms with van der Waals surface area (Å²) in [6, 6.07) is 8.45. The van der Waals surface area contributed by atoms with E-state index < -0.39 is 6.04 Å². The van der Waals surface area contributed by atoms with Crippen molar-refractivity contribution in [2.24, 2.45) is 5.73 Å². The van der Waals surface area contributed by atoms with Crippen LogP contribution in [0.5, 0.6) is 0 Å². The van der Waals surface area contributed by atoms with Crippen molar-refractivity contribution < 1.29 is 9.59 Å². The molecule has 0 fully saturated rings. The molecule has 0 heterocycles. The number of nitrogens with one attached hydrogen (secondary N) is 2. The molecular weight excluding hydrogens is 242 g/mol. The van der Waals surface area contributed by atoms with E-state index >= 15 is 0 Å². The van der Waals surface area contributed by atoms with Crippen LogP contribution in [-0.4, -0.2) is 24.9 Å². The Hall–Kier alpha value is -1.88. The molecule has 104 valence electrons. The Bertz CT molecular complexity index is 406. The standard InChI is InChI=1S/C14H21N3O2/c1-2-9-16-12(18)8-10-17-14(19)13(15)11-6-4-3-5-7-11/h3-7,13H,2,8-10,15H2,1H3,(H,16,18)(H,17,19). The molecular formula is C14H21N3O2. The molecule has 0 aromatic heterocycles. The van der Waals surface area contributed by atoms with Crippen LogP contribution < -0.4 is 16.4 Å². The lowest BCUT2D eigenvalue weighted by molar-refractivity contribution is -0.123. The second kappa shape index (κ2) is 8.26. The van der Waals surface area contributed by atoms with Gasteiger partial charge in [0.25, 0.3) is 0 Å². The topological polar surface area (TPSA) is 84.2 Å². The summed E-state index contributed by atoms with van der Waals surface area (Å²) in [5.41, 5.74) is 6.58. The first-order chi connectivity index (χ1) is 9.15. The molecule has 1 atom stereocenters. The summed E-state index contributed by atoms with van der Waals surface area (Å²) in [6.45, 7) is 2.95. The average Bonchev–Trinajstić information content (AvgIpc) is 2.45. The third-order valence-electron chi connectivity index (χ3n) is 2.66. The molecule has 0 aliphatic heterocycles. The van der Waals surface area contributed by atoms with E-state index in [2.05, 4.69) is 10.6 Å². The van der Waals surface area contributed by atoms with Crippen molar-refractivity contribution in [1.82, 2.24) is 10.6 Å². The first kappa shape index (κ1) is 15.2. The number of carbonyl (C=O) groups is 2. The van der Waals surface area contributed by atoms with Gasteiger partial charge in [-0.3, -0.25) is 9.59 Å². The van der Waals surface area contributed by atoms with Crippen LogP contribution in [0.15, 0.2) is 30.3 Å². The first-order valence-corrected chi connectivity index (χ1v) is 6.50. The van der Waals surface area contributed by atoms with Gasteiger partial charge in [0.1, 0.15) is 6.04 Å². The van der Waals surface area contributed by atoms with Crippen LogP contribution in [0, 0.1) is 0 Å². The van der Waals surface area contributed by atoms with E-state index in [1.807, 2.05) is 25.1 Å². The first-order valence-electron chi connectivity index (χ1n) is 6.50. The van der Waals surface area contributed by atoms with Crippen LogP contribution in [0.25, 0.3) is 0 Å². The Morgan fingerprint density at radius 3 is 2.47 bits per heavy atom. The van der Waals surface area contributed by atoms with Crippen molar-refractivity contribution in [3.63, 3.8) is 0 Å². The molecule has 2 amide bonds. The molecule has 0 spiro atoms. The highest BCUT2D eigenvalue weighted by Gasteiger charge is 2.14. The van der Waals surface area contributed by atoms with Crippen LogP contribution in [0.4, 0.5) is 0 Å². The summed E-state index contributed by atoms with van der Waals surface area (Å²) >= 11 is 0. The summed E-state index contributed by atoms with van der Waals surface area (Å²) in [5.74, 6) is -0.329. The fourth-order valence-electron chi connectivity index (χ4n) is 1.57. The van der Waals surface area contributed by atoms with Gasteiger partial charge in [0.15, 0.2) is 0 Å². The number of carbonyl (C=O) groups excluding carboxylic acids is 2. The van der Waals surface area contributed by atoms with Crippen molar-refractivity contribution in [3.8, 4) is 0 Å². The van der Waals surface area contributed by atoms with Gasteiger partial charge in [-0.2, -0.15) is 0 Å². The van der Waals surface area contributed by atoms with Crippen molar-refractivity contribution in [1.29, 1.82) is 0 Å². The largest absolute Gasteiger partial charge is 0.356 e. The lowest BCUT2D eigenvalue weighted by Gasteiger charge is -2.12. The lowest BCUT2D eigenvalue weighted by atomic mass is 10.1. The zero-order valence-corrected chi connectivity index (χ0v) is 11.2. The lowest BCUT2D eigenvalue weighted by Crippen LogP contribution is -2.36. The third kappa shape index (κ3) is 5.52. The van der Waals surface area contributed by atoms with Gasteiger partial charge in [-0.25, -0.2) is 0 Å². The Kier molecular flexibility index (Phi) is 6.60. The molecule has 0 aliphatic rings. The smallest absolute Gasteiger partial charge is 0.241 e. The van der Waals surface area contributed by atoms with Crippen LogP contribution in [0.3, 0.4) is 0 Å². The van der Waals surface area contributed by atoms with Gasteiger partial charge in [-0.15, -0.1) is 0 Å². The van der Waals surface area contributed by atoms with E-state index in [-0.39, 0.29) is 18.2 Å². The van der Waals surface area contributed by atoms with Crippen molar-refractivity contribution in [3.05, 3.63) is 35.9 Å². The highest BCUT2D eigenvalue weighted by atomic mass is 16.2. The zero-order valence-electron chi connectivity index (χ0n) is 11.2. The zero-order chi connectivity index (χ0) is 14.1. The van der Waals surface area contributed by atoms with Gasteiger partial charge in [-0.05, 0) is 12.0 Å². The third-order valence-corrected chi connectivity index (χ3v) is 2.66. The second-order valence-electron chi connectivity index (χ2n) is 4.28. The summed E-state index contributed by atoms with van der Waals surface area (Å²) in [6.07, 6.45) is 1.17. The molecule has 1 aromatic carbocycles. The van der Waals surface area contributed by atoms with E-state index in [0.717, 1.165) is 12.0 Å². The summed E-state index contributed by atoms with van der Waals surface area (Å²) in [7, 11) is 0. The van der Waals surface area contributed by atoms with Crippen molar-refractivity contribution >= 4 is 11.8 Å². The second-order valence-corrected chi connectivity index (χ2v) is 4.28.